The van der Waals surface area contributed by atoms with Crippen molar-refractivity contribution in [1.82, 2.24) is 5.32 Å². The lowest BCUT2D eigenvalue weighted by Gasteiger charge is -2.25. The Kier molecular flexibility index (Phi) is 4.94. The van der Waals surface area contributed by atoms with Gasteiger partial charge >= 0.3 is 0 Å². The van der Waals surface area contributed by atoms with E-state index in [1.807, 2.05) is 38.1 Å². The van der Waals surface area contributed by atoms with Crippen LogP contribution in [0.3, 0.4) is 0 Å². The van der Waals surface area contributed by atoms with Gasteiger partial charge in [0.15, 0.2) is 0 Å². The average molecular weight is 329 g/mol. The smallest absolute Gasteiger partial charge is 0.267 e. The van der Waals surface area contributed by atoms with Gasteiger partial charge in [-0.25, -0.2) is 5.01 Å². The van der Waals surface area contributed by atoms with Gasteiger partial charge in [-0.2, -0.15) is 5.10 Å². The molecule has 1 aromatic carbocycles. The number of rotatable bonds is 4. The van der Waals surface area contributed by atoms with Gasteiger partial charge in [0.25, 0.3) is 5.91 Å². The van der Waals surface area contributed by atoms with Crippen LogP contribution in [0.25, 0.3) is 0 Å². The molecule has 2 unspecified atom stereocenters. The highest BCUT2D eigenvalue weighted by Gasteiger charge is 2.29. The lowest BCUT2D eigenvalue weighted by atomic mass is 10.1. The molecular formula is C18H23N3O3. The van der Waals surface area contributed by atoms with Gasteiger partial charge in [0, 0.05) is 19.4 Å². The molecule has 0 spiro atoms. The monoisotopic (exact) mass is 329 g/mol. The molecule has 0 radical (unpaired) electrons. The Bertz CT molecular complexity index is 665. The quantitative estimate of drug-likeness (QED) is 0.920. The van der Waals surface area contributed by atoms with Crippen LogP contribution in [0.5, 0.6) is 0 Å². The molecule has 2 heterocycles. The zero-order valence-corrected chi connectivity index (χ0v) is 14.1. The van der Waals surface area contributed by atoms with Crippen molar-refractivity contribution in [3.63, 3.8) is 0 Å². The van der Waals surface area contributed by atoms with Crippen LogP contribution in [0.15, 0.2) is 29.4 Å². The van der Waals surface area contributed by atoms with Crippen molar-refractivity contribution in [3.05, 3.63) is 29.8 Å². The minimum Gasteiger partial charge on any atom is -0.376 e. The van der Waals surface area contributed by atoms with Gasteiger partial charge in [0.1, 0.15) is 5.71 Å². The molecule has 3 rings (SSSR count). The van der Waals surface area contributed by atoms with Crippen molar-refractivity contribution in [2.75, 3.05) is 11.6 Å². The summed E-state index contributed by atoms with van der Waals surface area (Å²) in [4.78, 5) is 24.7. The van der Waals surface area contributed by atoms with E-state index in [1.54, 1.807) is 0 Å². The standard InChI is InChI=1S/C18H23N3O3/c1-12-5-3-6-14(11-12)21-17(22)9-8-15(20-21)18(23)19-13(2)16-7-4-10-24-16/h3,5-6,11,13,16H,4,7-10H2,1-2H3,(H,19,23). The topological polar surface area (TPSA) is 71.0 Å². The number of nitrogens with zero attached hydrogens (tertiary/aromatic N) is 2. The average Bonchev–Trinajstić information content (AvgIpc) is 3.09. The number of aryl methyl sites for hydroxylation is 1. The summed E-state index contributed by atoms with van der Waals surface area (Å²) in [7, 11) is 0. The van der Waals surface area contributed by atoms with Crippen LogP contribution in [0.1, 0.15) is 38.2 Å². The molecule has 1 aromatic rings. The first kappa shape index (κ1) is 16.6. The molecule has 2 aliphatic rings. The van der Waals surface area contributed by atoms with E-state index in [0.717, 1.165) is 25.0 Å². The lowest BCUT2D eigenvalue weighted by Crippen LogP contribution is -2.46. The Labute approximate surface area is 141 Å². The summed E-state index contributed by atoms with van der Waals surface area (Å²) in [6.07, 6.45) is 2.70. The molecule has 0 aromatic heterocycles. The Balaban J connectivity index is 1.73. The minimum atomic E-state index is -0.219. The highest BCUT2D eigenvalue weighted by Crippen LogP contribution is 2.21. The first-order chi connectivity index (χ1) is 11.5. The van der Waals surface area contributed by atoms with Crippen LogP contribution in [0.2, 0.25) is 0 Å². The number of hydrogen-bond donors (Lipinski definition) is 1. The number of carbonyl (C=O) groups is 2. The molecule has 1 fully saturated rings. The van der Waals surface area contributed by atoms with Crippen molar-refractivity contribution in [1.29, 1.82) is 0 Å². The third kappa shape index (κ3) is 3.64. The number of anilines is 1. The van der Waals surface area contributed by atoms with E-state index in [9.17, 15) is 9.59 Å². The molecule has 2 atom stereocenters. The Morgan fingerprint density at radius 2 is 2.25 bits per heavy atom. The van der Waals surface area contributed by atoms with Crippen LogP contribution >= 0.6 is 0 Å². The summed E-state index contributed by atoms with van der Waals surface area (Å²) in [6, 6.07) is 7.48. The largest absolute Gasteiger partial charge is 0.376 e. The number of carbonyl (C=O) groups excluding carboxylic acids is 2. The molecule has 24 heavy (non-hydrogen) atoms. The summed E-state index contributed by atoms with van der Waals surface area (Å²) in [5, 5.41) is 8.59. The second-order valence-electron chi connectivity index (χ2n) is 6.40. The van der Waals surface area contributed by atoms with Gasteiger partial charge in [-0.05, 0) is 44.4 Å². The van der Waals surface area contributed by atoms with Gasteiger partial charge in [-0.1, -0.05) is 12.1 Å². The summed E-state index contributed by atoms with van der Waals surface area (Å²) in [5.41, 5.74) is 2.12. The second-order valence-corrected chi connectivity index (χ2v) is 6.40. The molecule has 1 N–H and O–H groups in total. The summed E-state index contributed by atoms with van der Waals surface area (Å²) in [5.74, 6) is -0.313. The van der Waals surface area contributed by atoms with E-state index in [1.165, 1.54) is 5.01 Å². The van der Waals surface area contributed by atoms with Gasteiger partial charge in [-0.15, -0.1) is 0 Å². The van der Waals surface area contributed by atoms with E-state index in [0.29, 0.717) is 17.8 Å². The van der Waals surface area contributed by atoms with Crippen LogP contribution in [0, 0.1) is 6.92 Å². The van der Waals surface area contributed by atoms with Crippen LogP contribution in [-0.4, -0.2) is 36.3 Å². The number of hydrazone groups is 1. The highest BCUT2D eigenvalue weighted by molar-refractivity contribution is 6.40. The molecule has 1 saturated heterocycles. The van der Waals surface area contributed by atoms with E-state index < -0.39 is 0 Å². The molecule has 128 valence electrons. The van der Waals surface area contributed by atoms with Crippen molar-refractivity contribution in [2.24, 2.45) is 5.10 Å². The molecule has 2 aliphatic heterocycles. The SMILES string of the molecule is Cc1cccc(N2N=C(C(=O)NC(C)C3CCCO3)CCC2=O)c1. The first-order valence-corrected chi connectivity index (χ1v) is 8.44. The molecule has 0 saturated carbocycles. The lowest BCUT2D eigenvalue weighted by molar-refractivity contribution is -0.119. The van der Waals surface area contributed by atoms with Gasteiger partial charge in [0.2, 0.25) is 5.91 Å². The van der Waals surface area contributed by atoms with E-state index >= 15 is 0 Å². The fourth-order valence-corrected chi connectivity index (χ4v) is 3.06. The van der Waals surface area contributed by atoms with Crippen LogP contribution < -0.4 is 10.3 Å². The normalized spacial score (nSPS) is 22.2. The molecule has 6 heteroatoms. The molecule has 2 amide bonds. The molecule has 0 aliphatic carbocycles. The first-order valence-electron chi connectivity index (χ1n) is 8.44. The predicted octanol–water partition coefficient (Wildman–Crippen LogP) is 2.16. The number of ether oxygens (including phenoxy) is 1. The van der Waals surface area contributed by atoms with E-state index in [4.69, 9.17) is 4.74 Å². The van der Waals surface area contributed by atoms with E-state index in [2.05, 4.69) is 10.4 Å². The fraction of sp³-hybridized carbons (Fsp3) is 0.500. The van der Waals surface area contributed by atoms with Gasteiger partial charge in [0.05, 0.1) is 17.8 Å². The maximum absolute atomic E-state index is 12.5. The summed E-state index contributed by atoms with van der Waals surface area (Å²) < 4.78 is 5.60. The Morgan fingerprint density at radius 3 is 2.96 bits per heavy atom. The summed E-state index contributed by atoms with van der Waals surface area (Å²) >= 11 is 0. The van der Waals surface area contributed by atoms with Crippen LogP contribution in [-0.2, 0) is 14.3 Å². The second kappa shape index (κ2) is 7.13. The predicted molar refractivity (Wildman–Crippen MR) is 91.9 cm³/mol. The maximum atomic E-state index is 12.5. The van der Waals surface area contributed by atoms with Crippen molar-refractivity contribution in [3.8, 4) is 0 Å². The Morgan fingerprint density at radius 1 is 1.42 bits per heavy atom. The molecule has 6 nitrogen and oxygen atoms in total. The third-order valence-corrected chi connectivity index (χ3v) is 4.42. The number of nitrogens with one attached hydrogen (secondary N) is 1. The highest BCUT2D eigenvalue weighted by atomic mass is 16.5. The van der Waals surface area contributed by atoms with Crippen molar-refractivity contribution >= 4 is 23.2 Å². The summed E-state index contributed by atoms with van der Waals surface area (Å²) in [6.45, 7) is 4.65. The Hall–Kier alpha value is -2.21. The molecular weight excluding hydrogens is 306 g/mol. The van der Waals surface area contributed by atoms with E-state index in [-0.39, 0.29) is 30.4 Å². The minimum absolute atomic E-state index is 0.0623. The maximum Gasteiger partial charge on any atom is 0.267 e. The number of benzene rings is 1. The van der Waals surface area contributed by atoms with Gasteiger partial charge < -0.3 is 10.1 Å². The number of hydrogen-bond acceptors (Lipinski definition) is 4. The molecule has 0 bridgehead atoms. The third-order valence-electron chi connectivity index (χ3n) is 4.42. The zero-order chi connectivity index (χ0) is 17.1. The van der Waals surface area contributed by atoms with Crippen molar-refractivity contribution < 1.29 is 14.3 Å². The fourth-order valence-electron chi connectivity index (χ4n) is 3.06. The van der Waals surface area contributed by atoms with Crippen molar-refractivity contribution in [2.45, 2.75) is 51.7 Å². The van der Waals surface area contributed by atoms with Crippen LogP contribution in [0.4, 0.5) is 5.69 Å². The number of amides is 2. The van der Waals surface area contributed by atoms with Gasteiger partial charge in [-0.3, -0.25) is 9.59 Å². The zero-order valence-electron chi connectivity index (χ0n) is 14.1.